The molecule has 0 spiro atoms. The van der Waals surface area contributed by atoms with Gasteiger partial charge in [-0.05, 0) is 42.0 Å². The van der Waals surface area contributed by atoms with E-state index in [9.17, 15) is 76.0 Å². The van der Waals surface area contributed by atoms with Crippen LogP contribution in [0.25, 0.3) is 28.4 Å². The fourth-order valence-electron chi connectivity index (χ4n) is 7.00. The van der Waals surface area contributed by atoms with Crippen LogP contribution in [0.3, 0.4) is 0 Å². The van der Waals surface area contributed by atoms with Gasteiger partial charge in [0, 0.05) is 23.8 Å². The molecule has 13 N–H and O–H groups in total. The van der Waals surface area contributed by atoms with Crippen molar-refractivity contribution in [3.63, 3.8) is 0 Å². The summed E-state index contributed by atoms with van der Waals surface area (Å²) in [5, 5.41) is 135. The number of phenols is 4. The monoisotopic (exact) mass is 904 g/mol. The molecule has 7 rings (SSSR count). The van der Waals surface area contributed by atoms with Crippen LogP contribution >= 0.6 is 0 Å². The number of rotatable bonds is 12. The first-order valence-corrected chi connectivity index (χ1v) is 19.4. The Morgan fingerprint density at radius 3 is 2.06 bits per heavy atom. The van der Waals surface area contributed by atoms with E-state index < -0.39 is 157 Å². The Morgan fingerprint density at radius 2 is 1.38 bits per heavy atom. The Morgan fingerprint density at radius 1 is 0.703 bits per heavy atom. The van der Waals surface area contributed by atoms with Gasteiger partial charge in [0.25, 0.3) is 0 Å². The van der Waals surface area contributed by atoms with Gasteiger partial charge in [-0.25, -0.2) is 4.79 Å². The summed E-state index contributed by atoms with van der Waals surface area (Å²) in [6, 6.07) is 10.9. The maximum atomic E-state index is 14.3. The largest absolute Gasteiger partial charge is 0.508 e. The highest BCUT2D eigenvalue weighted by Crippen LogP contribution is 2.40. The number of aromatic hydroxyl groups is 4. The van der Waals surface area contributed by atoms with E-state index in [1.165, 1.54) is 36.4 Å². The molecule has 0 radical (unpaired) electrons. The summed E-state index contributed by atoms with van der Waals surface area (Å²) < 4.78 is 45.2. The summed E-state index contributed by atoms with van der Waals surface area (Å²) in [5.74, 6) is -4.65. The summed E-state index contributed by atoms with van der Waals surface area (Å²) in [4.78, 5) is 26.8. The van der Waals surface area contributed by atoms with Crippen LogP contribution in [0.4, 0.5) is 0 Å². The SMILES string of the molecule is O=C(/C=C/c1ccc(O)cc1)OC[C@H]1O[C@@H](O[C@H]2[C@H](Oc3c(-c4ccc(O)c(O)c4)oc4cc(O[C@@H]5O[C@H](CO)[C@@H](O)[C@H](O)[C@H]5O)cc(O)c4c3=O)OC[C@H](O)[C@@H]2O)[C@H](O)[C@@H](O)[C@@H]1O. The van der Waals surface area contributed by atoms with Crippen LogP contribution in [0.1, 0.15) is 5.56 Å². The predicted octanol–water partition coefficient (Wildman–Crippen LogP) is -2.63. The van der Waals surface area contributed by atoms with Gasteiger partial charge in [0.15, 0.2) is 29.7 Å². The average Bonchev–Trinajstić information content (AvgIpc) is 3.27. The van der Waals surface area contributed by atoms with Crippen molar-refractivity contribution in [2.45, 2.75) is 86.0 Å². The summed E-state index contributed by atoms with van der Waals surface area (Å²) in [6.45, 7) is -2.12. The average molecular weight is 905 g/mol. The number of benzene rings is 3. The van der Waals surface area contributed by atoms with Gasteiger partial charge in [0.2, 0.25) is 23.8 Å². The van der Waals surface area contributed by atoms with Crippen LogP contribution in [-0.4, -0.2) is 178 Å². The van der Waals surface area contributed by atoms with Gasteiger partial charge in [-0.1, -0.05) is 12.1 Å². The van der Waals surface area contributed by atoms with E-state index >= 15 is 0 Å². The lowest BCUT2D eigenvalue weighted by molar-refractivity contribution is -0.348. The number of esters is 1. The summed E-state index contributed by atoms with van der Waals surface area (Å²) in [7, 11) is 0. The number of fused-ring (bicyclic) bond motifs is 1. The molecule has 64 heavy (non-hydrogen) atoms. The first-order chi connectivity index (χ1) is 30.4. The van der Waals surface area contributed by atoms with Gasteiger partial charge in [0.05, 0.1) is 13.2 Å². The molecular weight excluding hydrogens is 860 g/mol. The third-order valence-corrected chi connectivity index (χ3v) is 10.6. The number of ether oxygens (including phenoxy) is 7. The lowest BCUT2D eigenvalue weighted by atomic mass is 9.98. The van der Waals surface area contributed by atoms with E-state index in [1.54, 1.807) is 0 Å². The second-order valence-corrected chi connectivity index (χ2v) is 15.0. The molecule has 0 amide bonds. The van der Waals surface area contributed by atoms with Crippen LogP contribution in [0.2, 0.25) is 0 Å². The van der Waals surface area contributed by atoms with Gasteiger partial charge < -0.3 is 104 Å². The number of carbonyl (C=O) groups excluding carboxylic acids is 1. The molecule has 0 unspecified atom stereocenters. The van der Waals surface area contributed by atoms with E-state index in [4.69, 9.17) is 37.6 Å². The van der Waals surface area contributed by atoms with E-state index in [0.717, 1.165) is 30.3 Å². The Balaban J connectivity index is 1.17. The number of phenolic OH excluding ortho intramolecular Hbond substituents is 4. The van der Waals surface area contributed by atoms with Crippen LogP contribution < -0.4 is 14.9 Å². The highest BCUT2D eigenvalue weighted by atomic mass is 16.8. The van der Waals surface area contributed by atoms with Gasteiger partial charge in [0.1, 0.15) is 95.9 Å². The number of aliphatic hydroxyl groups is 9. The van der Waals surface area contributed by atoms with Crippen molar-refractivity contribution in [1.82, 2.24) is 0 Å². The second kappa shape index (κ2) is 19.2. The Kier molecular flexibility index (Phi) is 13.9. The van der Waals surface area contributed by atoms with Gasteiger partial charge in [-0.2, -0.15) is 0 Å². The van der Waals surface area contributed by atoms with Crippen LogP contribution in [0.15, 0.2) is 69.9 Å². The van der Waals surface area contributed by atoms with Gasteiger partial charge >= 0.3 is 5.97 Å². The van der Waals surface area contributed by atoms with E-state index in [0.29, 0.717) is 5.56 Å². The summed E-state index contributed by atoms with van der Waals surface area (Å²) >= 11 is 0. The van der Waals surface area contributed by atoms with Crippen molar-refractivity contribution >= 4 is 23.0 Å². The molecule has 3 aliphatic rings. The molecule has 0 bridgehead atoms. The highest BCUT2D eigenvalue weighted by molar-refractivity contribution is 5.89. The standard InChI is InChI=1S/C41H44O23/c42-12-24-29(50)32(53)34(55)39(61-24)59-18-10-21(46)27-23(11-18)60-36(16-4-7-19(44)20(45)9-16)37(31(27)52)63-41-38(28(49)22(47)13-58-41)64-40-35(56)33(54)30(51)25(62-40)14-57-26(48)8-3-15-1-5-17(43)6-2-15/h1-11,22,24-25,28-30,32-35,38-47,49-51,53-56H,12-14H2/b8-3+/t22-,24+,25+,28-,29+,30+,32-,33-,34+,35+,38+,39+,40-,41-/m0/s1. The molecule has 3 saturated heterocycles. The zero-order valence-corrected chi connectivity index (χ0v) is 33.0. The third-order valence-electron chi connectivity index (χ3n) is 10.6. The second-order valence-electron chi connectivity index (χ2n) is 15.0. The summed E-state index contributed by atoms with van der Waals surface area (Å²) in [5.41, 5.74) is -1.18. The Labute approximate surface area is 359 Å². The minimum atomic E-state index is -2.05. The number of hydrogen-bond acceptors (Lipinski definition) is 23. The molecule has 3 aromatic carbocycles. The quantitative estimate of drug-likeness (QED) is 0.0393. The molecule has 346 valence electrons. The molecule has 3 fully saturated rings. The fourth-order valence-corrected chi connectivity index (χ4v) is 7.00. The van der Waals surface area contributed by atoms with Gasteiger partial charge in [-0.15, -0.1) is 0 Å². The Bertz CT molecular complexity index is 2370. The lowest BCUT2D eigenvalue weighted by Gasteiger charge is -2.44. The third kappa shape index (κ3) is 9.57. The molecule has 3 aliphatic heterocycles. The van der Waals surface area contributed by atoms with Crippen molar-refractivity contribution in [3.05, 3.63) is 76.5 Å². The van der Waals surface area contributed by atoms with Crippen molar-refractivity contribution in [3.8, 4) is 45.8 Å². The van der Waals surface area contributed by atoms with E-state index in [-0.39, 0.29) is 17.1 Å². The molecular formula is C41H44O23. The predicted molar refractivity (Wildman–Crippen MR) is 209 cm³/mol. The molecule has 14 atom stereocenters. The number of aliphatic hydroxyl groups excluding tert-OH is 9. The van der Waals surface area contributed by atoms with Crippen molar-refractivity contribution < 1.29 is 109 Å². The minimum absolute atomic E-state index is 0.00144. The molecule has 4 aromatic rings. The van der Waals surface area contributed by atoms with Crippen LogP contribution in [0, 0.1) is 0 Å². The number of hydrogen-bond donors (Lipinski definition) is 13. The molecule has 23 heteroatoms. The number of carbonyl (C=O) groups is 1. The van der Waals surface area contributed by atoms with Gasteiger partial charge in [-0.3, -0.25) is 4.79 Å². The topological polar surface area (TPSA) is 375 Å². The van der Waals surface area contributed by atoms with Crippen molar-refractivity contribution in [1.29, 1.82) is 0 Å². The molecule has 0 aliphatic carbocycles. The Hall–Kier alpha value is -5.64. The smallest absolute Gasteiger partial charge is 0.330 e. The highest BCUT2D eigenvalue weighted by Gasteiger charge is 2.50. The van der Waals surface area contributed by atoms with Crippen molar-refractivity contribution in [2.24, 2.45) is 0 Å². The maximum Gasteiger partial charge on any atom is 0.330 e. The zero-order valence-electron chi connectivity index (χ0n) is 33.0. The molecule has 4 heterocycles. The molecule has 1 aromatic heterocycles. The first-order valence-electron chi connectivity index (χ1n) is 19.4. The minimum Gasteiger partial charge on any atom is -0.508 e. The van der Waals surface area contributed by atoms with E-state index in [1.807, 2.05) is 0 Å². The van der Waals surface area contributed by atoms with Crippen LogP contribution in [-0.2, 0) is 28.5 Å². The zero-order chi connectivity index (χ0) is 46.1. The maximum absolute atomic E-state index is 14.3. The van der Waals surface area contributed by atoms with E-state index in [2.05, 4.69) is 0 Å². The van der Waals surface area contributed by atoms with Crippen LogP contribution in [0.5, 0.6) is 34.5 Å². The normalized spacial score (nSPS) is 32.1. The fraction of sp³-hybridized carbons (Fsp3) is 0.415. The first kappa shape index (κ1) is 46.4. The summed E-state index contributed by atoms with van der Waals surface area (Å²) in [6.07, 6.45) is -23.0. The molecule has 23 nitrogen and oxygen atoms in total. The lowest BCUT2D eigenvalue weighted by Crippen LogP contribution is -2.63. The van der Waals surface area contributed by atoms with Crippen molar-refractivity contribution in [2.75, 3.05) is 19.8 Å². The molecule has 0 saturated carbocycles.